The number of benzene rings is 1. The monoisotopic (exact) mass is 262 g/mol. The Balaban J connectivity index is 3.22. The molecular formula is C11H7ClN4O2. The van der Waals surface area contributed by atoms with Crippen molar-refractivity contribution in [1.82, 2.24) is 0 Å². The Morgan fingerprint density at radius 2 is 2.00 bits per heavy atom. The molecule has 1 rings (SSSR count). The zero-order valence-electron chi connectivity index (χ0n) is 8.94. The highest BCUT2D eigenvalue weighted by molar-refractivity contribution is 6.31. The van der Waals surface area contributed by atoms with Crippen LogP contribution >= 0.6 is 11.6 Å². The quantitative estimate of drug-likeness (QED) is 0.712. The number of hydrogen-bond donors (Lipinski definition) is 3. The smallest absolute Gasteiger partial charge is 0.337 e. The molecule has 1 aromatic rings. The highest BCUT2D eigenvalue weighted by Crippen LogP contribution is 2.21. The average molecular weight is 263 g/mol. The SMILES string of the molecule is N#CC(C#N)=C(N)Nc1ccc(Cl)cc1C(=O)O. The summed E-state index contributed by atoms with van der Waals surface area (Å²) in [5.41, 5.74) is 5.18. The van der Waals surface area contributed by atoms with Crippen LogP contribution in [0.1, 0.15) is 10.4 Å². The lowest BCUT2D eigenvalue weighted by atomic mass is 10.1. The maximum absolute atomic E-state index is 11.0. The molecule has 0 spiro atoms. The van der Waals surface area contributed by atoms with E-state index in [9.17, 15) is 4.79 Å². The zero-order chi connectivity index (χ0) is 13.7. The number of anilines is 1. The molecule has 0 heterocycles. The molecule has 1 aromatic carbocycles. The molecule has 4 N–H and O–H groups in total. The lowest BCUT2D eigenvalue weighted by Gasteiger charge is -2.09. The van der Waals surface area contributed by atoms with E-state index in [4.69, 9.17) is 33.0 Å². The first-order chi connectivity index (χ1) is 8.49. The summed E-state index contributed by atoms with van der Waals surface area (Å²) in [6.07, 6.45) is 0. The van der Waals surface area contributed by atoms with Crippen LogP contribution in [0.3, 0.4) is 0 Å². The molecule has 0 aromatic heterocycles. The van der Waals surface area contributed by atoms with Gasteiger partial charge < -0.3 is 16.2 Å². The number of nitrogens with one attached hydrogen (secondary N) is 1. The number of rotatable bonds is 3. The van der Waals surface area contributed by atoms with Crippen LogP contribution in [0, 0.1) is 22.7 Å². The van der Waals surface area contributed by atoms with Crippen molar-refractivity contribution in [3.8, 4) is 12.1 Å². The third-order valence-corrected chi connectivity index (χ3v) is 2.21. The number of allylic oxidation sites excluding steroid dienone is 1. The van der Waals surface area contributed by atoms with Gasteiger partial charge in [-0.2, -0.15) is 10.5 Å². The number of carboxylic acid groups (broad SMARTS) is 1. The van der Waals surface area contributed by atoms with Gasteiger partial charge in [0.05, 0.1) is 11.3 Å². The summed E-state index contributed by atoms with van der Waals surface area (Å²) in [7, 11) is 0. The van der Waals surface area contributed by atoms with Crippen LogP contribution in [0.2, 0.25) is 5.02 Å². The summed E-state index contributed by atoms with van der Waals surface area (Å²) < 4.78 is 0. The first-order valence-corrected chi connectivity index (χ1v) is 4.97. The first-order valence-electron chi connectivity index (χ1n) is 4.59. The Kier molecular flexibility index (Phi) is 4.14. The predicted octanol–water partition coefficient (Wildman–Crippen LogP) is 1.67. The van der Waals surface area contributed by atoms with Crippen molar-refractivity contribution in [2.45, 2.75) is 0 Å². The standard InChI is InChI=1S/C11H7ClN4O2/c12-7-1-2-9(8(3-7)11(17)18)16-10(15)6(4-13)5-14/h1-3,16H,15H2,(H,17,18). The van der Waals surface area contributed by atoms with Gasteiger partial charge in [0.1, 0.15) is 18.0 Å². The van der Waals surface area contributed by atoms with Gasteiger partial charge in [0.15, 0.2) is 5.57 Å². The topological polar surface area (TPSA) is 123 Å². The Bertz CT molecular complexity index is 594. The molecule has 0 atom stereocenters. The van der Waals surface area contributed by atoms with Crippen LogP contribution in [0.4, 0.5) is 5.69 Å². The maximum Gasteiger partial charge on any atom is 0.337 e. The molecule has 0 saturated heterocycles. The molecule has 90 valence electrons. The van der Waals surface area contributed by atoms with Crippen LogP contribution < -0.4 is 11.1 Å². The number of aromatic carboxylic acids is 1. The van der Waals surface area contributed by atoms with Gasteiger partial charge >= 0.3 is 5.97 Å². The van der Waals surface area contributed by atoms with Crippen molar-refractivity contribution < 1.29 is 9.90 Å². The van der Waals surface area contributed by atoms with E-state index in [-0.39, 0.29) is 27.7 Å². The highest BCUT2D eigenvalue weighted by Gasteiger charge is 2.12. The molecule has 0 unspecified atom stereocenters. The van der Waals surface area contributed by atoms with Gasteiger partial charge in [-0.15, -0.1) is 0 Å². The van der Waals surface area contributed by atoms with E-state index >= 15 is 0 Å². The van der Waals surface area contributed by atoms with E-state index in [1.807, 2.05) is 0 Å². The second kappa shape index (κ2) is 5.58. The summed E-state index contributed by atoms with van der Waals surface area (Å²) >= 11 is 5.68. The number of nitriles is 2. The molecule has 0 aliphatic carbocycles. The summed E-state index contributed by atoms with van der Waals surface area (Å²) in [6.45, 7) is 0. The molecule has 0 fully saturated rings. The normalized spacial score (nSPS) is 8.83. The van der Waals surface area contributed by atoms with Gasteiger partial charge in [-0.3, -0.25) is 0 Å². The summed E-state index contributed by atoms with van der Waals surface area (Å²) in [4.78, 5) is 11.0. The lowest BCUT2D eigenvalue weighted by molar-refractivity contribution is 0.0698. The predicted molar refractivity (Wildman–Crippen MR) is 64.5 cm³/mol. The van der Waals surface area contributed by atoms with Crippen LogP contribution in [-0.4, -0.2) is 11.1 Å². The minimum absolute atomic E-state index is 0.110. The second-order valence-electron chi connectivity index (χ2n) is 3.13. The molecule has 0 bridgehead atoms. The van der Waals surface area contributed by atoms with Gasteiger partial charge in [-0.25, -0.2) is 4.79 Å². The van der Waals surface area contributed by atoms with Crippen molar-refractivity contribution in [1.29, 1.82) is 10.5 Å². The fourth-order valence-corrected chi connectivity index (χ4v) is 1.33. The molecule has 0 aliphatic rings. The van der Waals surface area contributed by atoms with Gasteiger partial charge in [-0.1, -0.05) is 11.6 Å². The highest BCUT2D eigenvalue weighted by atomic mass is 35.5. The number of halogens is 1. The van der Waals surface area contributed by atoms with Crippen molar-refractivity contribution in [3.63, 3.8) is 0 Å². The van der Waals surface area contributed by atoms with Gasteiger partial charge in [0.2, 0.25) is 0 Å². The number of nitrogens with two attached hydrogens (primary N) is 1. The van der Waals surface area contributed by atoms with Gasteiger partial charge in [0.25, 0.3) is 0 Å². The van der Waals surface area contributed by atoms with E-state index in [0.29, 0.717) is 0 Å². The molecule has 7 heteroatoms. The van der Waals surface area contributed by atoms with Crippen LogP contribution in [-0.2, 0) is 0 Å². The third-order valence-electron chi connectivity index (χ3n) is 1.97. The molecule has 0 amide bonds. The van der Waals surface area contributed by atoms with Crippen molar-refractivity contribution >= 4 is 23.3 Å². The Hall–Kier alpha value is -2.70. The van der Waals surface area contributed by atoms with Crippen molar-refractivity contribution in [2.75, 3.05) is 5.32 Å². The summed E-state index contributed by atoms with van der Waals surface area (Å²) in [5, 5.41) is 28.9. The van der Waals surface area contributed by atoms with E-state index in [2.05, 4.69) is 5.32 Å². The van der Waals surface area contributed by atoms with Gasteiger partial charge in [0, 0.05) is 5.02 Å². The first kappa shape index (κ1) is 13.4. The zero-order valence-corrected chi connectivity index (χ0v) is 9.69. The van der Waals surface area contributed by atoms with E-state index in [0.717, 1.165) is 0 Å². The van der Waals surface area contributed by atoms with Crippen LogP contribution in [0.5, 0.6) is 0 Å². The van der Waals surface area contributed by atoms with Crippen molar-refractivity contribution in [2.24, 2.45) is 5.73 Å². The van der Waals surface area contributed by atoms with E-state index in [1.54, 1.807) is 12.1 Å². The summed E-state index contributed by atoms with van der Waals surface area (Å²) in [5.74, 6) is -1.42. The number of nitrogens with zero attached hydrogens (tertiary/aromatic N) is 2. The minimum atomic E-state index is -1.21. The second-order valence-corrected chi connectivity index (χ2v) is 3.57. The molecule has 6 nitrogen and oxygen atoms in total. The van der Waals surface area contributed by atoms with Crippen LogP contribution in [0.25, 0.3) is 0 Å². The van der Waals surface area contributed by atoms with Crippen LogP contribution in [0.15, 0.2) is 29.6 Å². The third kappa shape index (κ3) is 2.91. The number of hydrogen-bond acceptors (Lipinski definition) is 5. The fourth-order valence-electron chi connectivity index (χ4n) is 1.16. The largest absolute Gasteiger partial charge is 0.478 e. The number of carboxylic acids is 1. The number of carbonyl (C=O) groups is 1. The Labute approximate surface area is 108 Å². The molecule has 18 heavy (non-hydrogen) atoms. The van der Waals surface area contributed by atoms with Gasteiger partial charge in [-0.05, 0) is 18.2 Å². The van der Waals surface area contributed by atoms with Crippen molar-refractivity contribution in [3.05, 3.63) is 40.2 Å². The molecule has 0 radical (unpaired) electrons. The summed E-state index contributed by atoms with van der Waals surface area (Å²) in [6, 6.07) is 7.27. The molecule has 0 saturated carbocycles. The molecule has 0 aliphatic heterocycles. The lowest BCUT2D eigenvalue weighted by Crippen LogP contribution is -2.14. The molecular weight excluding hydrogens is 256 g/mol. The van der Waals surface area contributed by atoms with E-state index in [1.165, 1.54) is 18.2 Å². The average Bonchev–Trinajstić information content (AvgIpc) is 2.32. The Morgan fingerprint density at radius 3 is 2.50 bits per heavy atom. The van der Waals surface area contributed by atoms with E-state index < -0.39 is 5.97 Å². The fraction of sp³-hybridized carbons (Fsp3) is 0. The Morgan fingerprint density at radius 1 is 1.39 bits per heavy atom. The minimum Gasteiger partial charge on any atom is -0.478 e. The maximum atomic E-state index is 11.0.